The van der Waals surface area contributed by atoms with Crippen LogP contribution in [0.25, 0.3) is 0 Å². The lowest BCUT2D eigenvalue weighted by Gasteiger charge is -2.28. The molecule has 0 saturated carbocycles. The molecular weight excluding hydrogens is 294 g/mol. The standard InChI is InChI=1S/C15H20ClNO4/c1-4-15(13(18)20-5-2,14(19)21-6-3)9-11-7-8-17-10-12(11)16/h7-8,10H,4-6,9H2,1-3H3. The Morgan fingerprint density at radius 3 is 2.19 bits per heavy atom. The average Bonchev–Trinajstić information content (AvgIpc) is 2.47. The minimum Gasteiger partial charge on any atom is -0.465 e. The molecule has 0 unspecified atom stereocenters. The Labute approximate surface area is 129 Å². The fourth-order valence-corrected chi connectivity index (χ4v) is 2.24. The van der Waals surface area contributed by atoms with E-state index < -0.39 is 17.4 Å². The molecule has 0 aromatic carbocycles. The number of hydrogen-bond donors (Lipinski definition) is 0. The highest BCUT2D eigenvalue weighted by molar-refractivity contribution is 6.31. The molecule has 21 heavy (non-hydrogen) atoms. The van der Waals surface area contributed by atoms with Crippen molar-refractivity contribution in [3.05, 3.63) is 29.0 Å². The van der Waals surface area contributed by atoms with Crippen LogP contribution in [-0.4, -0.2) is 30.1 Å². The number of halogens is 1. The summed E-state index contributed by atoms with van der Waals surface area (Å²) in [5, 5.41) is 0.406. The first-order valence-electron chi connectivity index (χ1n) is 6.94. The number of rotatable bonds is 7. The maximum Gasteiger partial charge on any atom is 0.323 e. The molecule has 0 bridgehead atoms. The minimum atomic E-state index is -1.38. The highest BCUT2D eigenvalue weighted by atomic mass is 35.5. The maximum absolute atomic E-state index is 12.3. The molecule has 0 amide bonds. The van der Waals surface area contributed by atoms with Crippen molar-refractivity contribution < 1.29 is 19.1 Å². The summed E-state index contributed by atoms with van der Waals surface area (Å²) in [4.78, 5) is 28.6. The number of carbonyl (C=O) groups excluding carboxylic acids is 2. The highest BCUT2D eigenvalue weighted by Crippen LogP contribution is 2.33. The second-order valence-electron chi connectivity index (χ2n) is 4.52. The number of esters is 2. The predicted molar refractivity (Wildman–Crippen MR) is 78.9 cm³/mol. The summed E-state index contributed by atoms with van der Waals surface area (Å²) in [6.07, 6.45) is 3.44. The smallest absolute Gasteiger partial charge is 0.323 e. The summed E-state index contributed by atoms with van der Waals surface area (Å²) < 4.78 is 10.2. The zero-order valence-electron chi connectivity index (χ0n) is 12.5. The fraction of sp³-hybridized carbons (Fsp3) is 0.533. The van der Waals surface area contributed by atoms with Gasteiger partial charge in [-0.15, -0.1) is 0 Å². The Morgan fingerprint density at radius 1 is 1.19 bits per heavy atom. The number of hydrogen-bond acceptors (Lipinski definition) is 5. The maximum atomic E-state index is 12.3. The zero-order chi connectivity index (χ0) is 15.9. The Kier molecular flexibility index (Phi) is 6.62. The Bertz CT molecular complexity index is 486. The third kappa shape index (κ3) is 3.94. The lowest BCUT2D eigenvalue weighted by atomic mass is 9.79. The normalized spacial score (nSPS) is 11.0. The molecule has 1 aromatic heterocycles. The molecule has 0 N–H and O–H groups in total. The molecule has 1 rings (SSSR count). The van der Waals surface area contributed by atoms with Crippen molar-refractivity contribution >= 4 is 23.5 Å². The number of aromatic nitrogens is 1. The van der Waals surface area contributed by atoms with E-state index in [0.29, 0.717) is 10.6 Å². The van der Waals surface area contributed by atoms with Gasteiger partial charge in [-0.05, 0) is 31.9 Å². The molecule has 0 aliphatic carbocycles. The van der Waals surface area contributed by atoms with Gasteiger partial charge in [0.25, 0.3) is 0 Å². The Balaban J connectivity index is 3.20. The van der Waals surface area contributed by atoms with E-state index >= 15 is 0 Å². The van der Waals surface area contributed by atoms with Gasteiger partial charge in [0.2, 0.25) is 0 Å². The zero-order valence-corrected chi connectivity index (χ0v) is 13.3. The predicted octanol–water partition coefficient (Wildman–Crippen LogP) is 2.80. The Morgan fingerprint density at radius 2 is 1.76 bits per heavy atom. The van der Waals surface area contributed by atoms with Gasteiger partial charge in [0.05, 0.1) is 18.2 Å². The third-order valence-corrected chi connectivity index (χ3v) is 3.62. The second kappa shape index (κ2) is 7.98. The summed E-state index contributed by atoms with van der Waals surface area (Å²) in [7, 11) is 0. The summed E-state index contributed by atoms with van der Waals surface area (Å²) in [5.41, 5.74) is -0.716. The lowest BCUT2D eigenvalue weighted by molar-refractivity contribution is -0.172. The van der Waals surface area contributed by atoms with Crippen molar-refractivity contribution in [2.75, 3.05) is 13.2 Å². The van der Waals surface area contributed by atoms with E-state index in [1.165, 1.54) is 6.20 Å². The number of ether oxygens (including phenoxy) is 2. The van der Waals surface area contributed by atoms with E-state index in [2.05, 4.69) is 4.98 Å². The van der Waals surface area contributed by atoms with Crippen LogP contribution in [0.1, 0.15) is 32.8 Å². The molecule has 0 aliphatic heterocycles. The molecule has 0 fully saturated rings. The van der Waals surface area contributed by atoms with Crippen LogP contribution < -0.4 is 0 Å². The topological polar surface area (TPSA) is 65.5 Å². The number of nitrogens with zero attached hydrogens (tertiary/aromatic N) is 1. The minimum absolute atomic E-state index is 0.127. The van der Waals surface area contributed by atoms with Crippen molar-refractivity contribution in [1.82, 2.24) is 4.98 Å². The van der Waals surface area contributed by atoms with Crippen molar-refractivity contribution in [3.8, 4) is 0 Å². The van der Waals surface area contributed by atoms with Crippen molar-refractivity contribution in [3.63, 3.8) is 0 Å². The Hall–Kier alpha value is -1.62. The molecule has 5 nitrogen and oxygen atoms in total. The molecule has 6 heteroatoms. The van der Waals surface area contributed by atoms with Gasteiger partial charge in [-0.1, -0.05) is 18.5 Å². The van der Waals surface area contributed by atoms with E-state index in [1.54, 1.807) is 33.0 Å². The van der Waals surface area contributed by atoms with Gasteiger partial charge in [0.15, 0.2) is 5.41 Å². The van der Waals surface area contributed by atoms with Gasteiger partial charge < -0.3 is 9.47 Å². The van der Waals surface area contributed by atoms with Gasteiger partial charge in [-0.3, -0.25) is 14.6 Å². The summed E-state index contributed by atoms with van der Waals surface area (Å²) in [5.74, 6) is -1.17. The van der Waals surface area contributed by atoms with Crippen LogP contribution in [0.15, 0.2) is 18.5 Å². The van der Waals surface area contributed by atoms with Crippen molar-refractivity contribution in [2.45, 2.75) is 33.6 Å². The van der Waals surface area contributed by atoms with Crippen LogP contribution in [0.4, 0.5) is 0 Å². The van der Waals surface area contributed by atoms with Gasteiger partial charge in [0.1, 0.15) is 0 Å². The first kappa shape index (κ1) is 17.4. The lowest BCUT2D eigenvalue weighted by Crippen LogP contribution is -2.43. The third-order valence-electron chi connectivity index (χ3n) is 3.28. The molecular formula is C15H20ClNO4. The van der Waals surface area contributed by atoms with Crippen LogP contribution in [-0.2, 0) is 25.5 Å². The monoisotopic (exact) mass is 313 g/mol. The van der Waals surface area contributed by atoms with Crippen LogP contribution in [0, 0.1) is 5.41 Å². The van der Waals surface area contributed by atoms with Gasteiger partial charge in [0, 0.05) is 18.8 Å². The summed E-state index contributed by atoms with van der Waals surface area (Å²) >= 11 is 6.08. The van der Waals surface area contributed by atoms with E-state index in [4.69, 9.17) is 21.1 Å². The van der Waals surface area contributed by atoms with Crippen LogP contribution in [0.2, 0.25) is 5.02 Å². The molecule has 1 aromatic rings. The second-order valence-corrected chi connectivity index (χ2v) is 4.93. The van der Waals surface area contributed by atoms with Gasteiger partial charge in [-0.2, -0.15) is 0 Å². The molecule has 1 heterocycles. The fourth-order valence-electron chi connectivity index (χ4n) is 2.05. The molecule has 0 radical (unpaired) electrons. The van der Waals surface area contributed by atoms with E-state index in [9.17, 15) is 9.59 Å². The number of carbonyl (C=O) groups is 2. The summed E-state index contributed by atoms with van der Waals surface area (Å²) in [6.45, 7) is 5.54. The van der Waals surface area contributed by atoms with Crippen LogP contribution in [0.5, 0.6) is 0 Å². The first-order valence-corrected chi connectivity index (χ1v) is 7.32. The molecule has 0 aliphatic rings. The number of pyridine rings is 1. The van der Waals surface area contributed by atoms with Crippen LogP contribution in [0.3, 0.4) is 0 Å². The van der Waals surface area contributed by atoms with Crippen molar-refractivity contribution in [1.29, 1.82) is 0 Å². The molecule has 0 spiro atoms. The summed E-state index contributed by atoms with van der Waals surface area (Å²) in [6, 6.07) is 1.69. The molecule has 0 atom stereocenters. The van der Waals surface area contributed by atoms with E-state index in [-0.39, 0.29) is 26.1 Å². The van der Waals surface area contributed by atoms with Gasteiger partial charge >= 0.3 is 11.9 Å². The van der Waals surface area contributed by atoms with Gasteiger partial charge in [-0.25, -0.2) is 0 Å². The van der Waals surface area contributed by atoms with E-state index in [1.807, 2.05) is 0 Å². The molecule has 0 saturated heterocycles. The quantitative estimate of drug-likeness (QED) is 0.572. The molecule has 116 valence electrons. The first-order chi connectivity index (χ1) is 10.0. The van der Waals surface area contributed by atoms with E-state index in [0.717, 1.165) is 0 Å². The average molecular weight is 314 g/mol. The SMILES string of the molecule is CCOC(=O)C(CC)(Cc1ccncc1Cl)C(=O)OCC. The van der Waals surface area contributed by atoms with Crippen molar-refractivity contribution in [2.24, 2.45) is 5.41 Å². The van der Waals surface area contributed by atoms with Crippen LogP contribution >= 0.6 is 11.6 Å². The largest absolute Gasteiger partial charge is 0.465 e. The highest BCUT2D eigenvalue weighted by Gasteiger charge is 2.47.